The summed E-state index contributed by atoms with van der Waals surface area (Å²) in [4.78, 5) is 17.2. The zero-order valence-corrected chi connectivity index (χ0v) is 15.5. The fraction of sp³-hybridized carbons (Fsp3) is 0.200. The molecule has 1 aromatic heterocycles. The van der Waals surface area contributed by atoms with Gasteiger partial charge in [0.1, 0.15) is 0 Å². The summed E-state index contributed by atoms with van der Waals surface area (Å²) in [6, 6.07) is 15.9. The number of benzene rings is 2. The molecule has 0 aliphatic rings. The van der Waals surface area contributed by atoms with Gasteiger partial charge >= 0.3 is 0 Å². The van der Waals surface area contributed by atoms with E-state index in [1.165, 1.54) is 0 Å². The molecule has 0 atom stereocenters. The highest BCUT2D eigenvalue weighted by Crippen LogP contribution is 2.18. The zero-order chi connectivity index (χ0) is 18.7. The van der Waals surface area contributed by atoms with Crippen molar-refractivity contribution in [2.75, 3.05) is 12.3 Å². The number of carbonyl (C=O) groups excluding carboxylic acids is 1. The molecule has 2 aromatic carbocycles. The zero-order valence-electron chi connectivity index (χ0n) is 14.7. The highest BCUT2D eigenvalue weighted by atomic mass is 32.2. The molecule has 0 spiro atoms. The number of amides is 1. The van der Waals surface area contributed by atoms with Crippen LogP contribution in [0, 0.1) is 13.8 Å². The monoisotopic (exact) mass is 368 g/mol. The largest absolute Gasteiger partial charge is 0.351 e. The van der Waals surface area contributed by atoms with E-state index in [-0.39, 0.29) is 23.1 Å². The first kappa shape index (κ1) is 18.1. The molecule has 26 heavy (non-hydrogen) atoms. The van der Waals surface area contributed by atoms with Gasteiger partial charge in [-0.05, 0) is 44.2 Å². The number of sulfone groups is 1. The number of nitrogens with one attached hydrogen (secondary N) is 1. The standard InChI is InChI=1S/C20H20N2O3S/c1-14-8-9-19-16(12-14)13-18(15(2)22-19)20(23)21-10-11-26(24,25)17-6-4-3-5-7-17/h3-9,12-13H,10-11H2,1-2H3,(H,21,23). The Morgan fingerprint density at radius 3 is 2.50 bits per heavy atom. The fourth-order valence-electron chi connectivity index (χ4n) is 2.76. The number of aryl methyl sites for hydroxylation is 2. The van der Waals surface area contributed by atoms with E-state index >= 15 is 0 Å². The summed E-state index contributed by atoms with van der Waals surface area (Å²) in [5.74, 6) is -0.469. The molecule has 1 N–H and O–H groups in total. The van der Waals surface area contributed by atoms with E-state index in [4.69, 9.17) is 0 Å². The molecule has 1 amide bonds. The first-order valence-corrected chi connectivity index (χ1v) is 9.96. The number of pyridine rings is 1. The average molecular weight is 368 g/mol. The van der Waals surface area contributed by atoms with Gasteiger partial charge in [0.05, 0.1) is 27.4 Å². The molecule has 0 saturated heterocycles. The van der Waals surface area contributed by atoms with E-state index < -0.39 is 9.84 Å². The normalized spacial score (nSPS) is 11.5. The topological polar surface area (TPSA) is 76.1 Å². The minimum absolute atomic E-state index is 0.0430. The smallest absolute Gasteiger partial charge is 0.253 e. The Labute approximate surface area is 153 Å². The SMILES string of the molecule is Cc1ccc2nc(C)c(C(=O)NCCS(=O)(=O)c3ccccc3)cc2c1. The van der Waals surface area contributed by atoms with Crippen molar-refractivity contribution in [2.24, 2.45) is 0 Å². The van der Waals surface area contributed by atoms with E-state index in [9.17, 15) is 13.2 Å². The molecule has 3 aromatic rings. The molecule has 0 unspecified atom stereocenters. The first-order valence-electron chi connectivity index (χ1n) is 8.31. The molecular weight excluding hydrogens is 348 g/mol. The fourth-order valence-corrected chi connectivity index (χ4v) is 3.94. The van der Waals surface area contributed by atoms with E-state index in [2.05, 4.69) is 10.3 Å². The summed E-state index contributed by atoms with van der Waals surface area (Å²) in [5, 5.41) is 3.57. The maximum absolute atomic E-state index is 12.5. The number of carbonyl (C=O) groups is 1. The van der Waals surface area contributed by atoms with Crippen molar-refractivity contribution >= 4 is 26.6 Å². The van der Waals surface area contributed by atoms with Gasteiger partial charge < -0.3 is 5.32 Å². The third-order valence-corrected chi connectivity index (χ3v) is 5.90. The Balaban J connectivity index is 1.72. The lowest BCUT2D eigenvalue weighted by molar-refractivity contribution is 0.0955. The first-order chi connectivity index (χ1) is 12.4. The molecule has 0 bridgehead atoms. The Morgan fingerprint density at radius 1 is 1.04 bits per heavy atom. The number of fused-ring (bicyclic) bond motifs is 1. The lowest BCUT2D eigenvalue weighted by Crippen LogP contribution is -2.29. The molecular formula is C20H20N2O3S. The third kappa shape index (κ3) is 3.91. The Bertz CT molecular complexity index is 1060. The second kappa shape index (κ2) is 7.25. The molecule has 0 radical (unpaired) electrons. The van der Waals surface area contributed by atoms with Crippen LogP contribution in [0.15, 0.2) is 59.5 Å². The molecule has 0 saturated carbocycles. The van der Waals surface area contributed by atoms with Crippen molar-refractivity contribution in [3.05, 3.63) is 71.4 Å². The van der Waals surface area contributed by atoms with Crippen LogP contribution in [0.5, 0.6) is 0 Å². The molecule has 3 rings (SSSR count). The summed E-state index contributed by atoms with van der Waals surface area (Å²) in [5.41, 5.74) is 2.99. The lowest BCUT2D eigenvalue weighted by atomic mass is 10.1. The quantitative estimate of drug-likeness (QED) is 0.751. The molecule has 6 heteroatoms. The number of rotatable bonds is 5. The second-order valence-corrected chi connectivity index (χ2v) is 8.31. The van der Waals surface area contributed by atoms with Gasteiger partial charge in [0.15, 0.2) is 9.84 Å². The van der Waals surface area contributed by atoms with Gasteiger partial charge in [0.2, 0.25) is 0 Å². The van der Waals surface area contributed by atoms with Crippen LogP contribution < -0.4 is 5.32 Å². The van der Waals surface area contributed by atoms with Crippen LogP contribution in [0.4, 0.5) is 0 Å². The Morgan fingerprint density at radius 2 is 1.77 bits per heavy atom. The van der Waals surface area contributed by atoms with Gasteiger partial charge in [0, 0.05) is 11.9 Å². The van der Waals surface area contributed by atoms with Crippen molar-refractivity contribution in [2.45, 2.75) is 18.7 Å². The van der Waals surface area contributed by atoms with Crippen molar-refractivity contribution < 1.29 is 13.2 Å². The summed E-state index contributed by atoms with van der Waals surface area (Å²) >= 11 is 0. The number of nitrogens with zero attached hydrogens (tertiary/aromatic N) is 1. The third-order valence-electron chi connectivity index (χ3n) is 4.16. The summed E-state index contributed by atoms with van der Waals surface area (Å²) in [6.07, 6.45) is 0. The van der Waals surface area contributed by atoms with Crippen LogP contribution in [-0.2, 0) is 9.84 Å². The van der Waals surface area contributed by atoms with E-state index in [0.29, 0.717) is 11.3 Å². The van der Waals surface area contributed by atoms with Gasteiger partial charge in [-0.15, -0.1) is 0 Å². The number of hydrogen-bond acceptors (Lipinski definition) is 4. The number of aromatic nitrogens is 1. The van der Waals surface area contributed by atoms with Crippen LogP contribution in [-0.4, -0.2) is 31.6 Å². The van der Waals surface area contributed by atoms with Crippen molar-refractivity contribution in [1.29, 1.82) is 0 Å². The predicted molar refractivity (Wildman–Crippen MR) is 102 cm³/mol. The second-order valence-electron chi connectivity index (χ2n) is 6.21. The summed E-state index contributed by atoms with van der Waals surface area (Å²) in [6.45, 7) is 3.80. The Kier molecular flexibility index (Phi) is 5.04. The van der Waals surface area contributed by atoms with E-state index in [1.54, 1.807) is 43.3 Å². The van der Waals surface area contributed by atoms with Crippen molar-refractivity contribution in [1.82, 2.24) is 10.3 Å². The molecule has 134 valence electrons. The molecule has 0 aliphatic carbocycles. The minimum Gasteiger partial charge on any atom is -0.351 e. The maximum Gasteiger partial charge on any atom is 0.253 e. The van der Waals surface area contributed by atoms with Gasteiger partial charge in [-0.1, -0.05) is 29.8 Å². The van der Waals surface area contributed by atoms with Crippen LogP contribution in [0.1, 0.15) is 21.6 Å². The maximum atomic E-state index is 12.5. The van der Waals surface area contributed by atoms with Gasteiger partial charge in [-0.25, -0.2) is 8.42 Å². The molecule has 1 heterocycles. The van der Waals surface area contributed by atoms with Crippen LogP contribution in [0.3, 0.4) is 0 Å². The highest BCUT2D eigenvalue weighted by Gasteiger charge is 2.16. The predicted octanol–water partition coefficient (Wildman–Crippen LogP) is 3.06. The van der Waals surface area contributed by atoms with Gasteiger partial charge in [-0.3, -0.25) is 9.78 Å². The van der Waals surface area contributed by atoms with Crippen LogP contribution in [0.2, 0.25) is 0 Å². The summed E-state index contributed by atoms with van der Waals surface area (Å²) < 4.78 is 24.5. The van der Waals surface area contributed by atoms with Gasteiger partial charge in [-0.2, -0.15) is 0 Å². The van der Waals surface area contributed by atoms with Crippen molar-refractivity contribution in [3.8, 4) is 0 Å². The highest BCUT2D eigenvalue weighted by molar-refractivity contribution is 7.91. The van der Waals surface area contributed by atoms with Crippen molar-refractivity contribution in [3.63, 3.8) is 0 Å². The van der Waals surface area contributed by atoms with Gasteiger partial charge in [0.25, 0.3) is 5.91 Å². The molecule has 0 fully saturated rings. The van der Waals surface area contributed by atoms with Crippen LogP contribution >= 0.6 is 0 Å². The Hall–Kier alpha value is -2.73. The van der Waals surface area contributed by atoms with Crippen LogP contribution in [0.25, 0.3) is 10.9 Å². The molecule has 5 nitrogen and oxygen atoms in total. The minimum atomic E-state index is -3.42. The average Bonchev–Trinajstić information content (AvgIpc) is 2.62. The number of hydrogen-bond donors (Lipinski definition) is 1. The van der Waals surface area contributed by atoms with E-state index in [0.717, 1.165) is 16.5 Å². The lowest BCUT2D eigenvalue weighted by Gasteiger charge is -2.10. The van der Waals surface area contributed by atoms with E-state index in [1.807, 2.05) is 25.1 Å². The summed E-state index contributed by atoms with van der Waals surface area (Å²) in [7, 11) is -3.42. The molecule has 0 aliphatic heterocycles.